The van der Waals surface area contributed by atoms with Gasteiger partial charge < -0.3 is 19.7 Å². The van der Waals surface area contributed by atoms with Crippen LogP contribution in [0.1, 0.15) is 29.3 Å². The van der Waals surface area contributed by atoms with Crippen molar-refractivity contribution in [1.82, 2.24) is 4.90 Å². The number of ether oxygens (including phenoxy) is 2. The van der Waals surface area contributed by atoms with Crippen molar-refractivity contribution in [2.45, 2.75) is 19.8 Å². The lowest BCUT2D eigenvalue weighted by molar-refractivity contribution is -0.114. The number of methoxy groups -OCH3 is 2. The first-order valence-corrected chi connectivity index (χ1v) is 9.38. The number of nitrogens with one attached hydrogen (secondary N) is 1. The van der Waals surface area contributed by atoms with Crippen LogP contribution in [-0.2, 0) is 11.2 Å². The molecule has 1 aliphatic heterocycles. The van der Waals surface area contributed by atoms with Gasteiger partial charge in [0, 0.05) is 31.3 Å². The second kappa shape index (κ2) is 8.78. The number of amides is 2. The van der Waals surface area contributed by atoms with Gasteiger partial charge in [0.15, 0.2) is 11.5 Å². The van der Waals surface area contributed by atoms with E-state index in [0.717, 1.165) is 31.7 Å². The third kappa shape index (κ3) is 4.63. The summed E-state index contributed by atoms with van der Waals surface area (Å²) in [5.74, 6) is 1.69. The van der Waals surface area contributed by atoms with Crippen LogP contribution in [0.25, 0.3) is 0 Å². The first-order valence-electron chi connectivity index (χ1n) is 9.38. The zero-order valence-corrected chi connectivity index (χ0v) is 16.5. The summed E-state index contributed by atoms with van der Waals surface area (Å²) in [4.78, 5) is 26.0. The van der Waals surface area contributed by atoms with E-state index < -0.39 is 0 Å². The average Bonchev–Trinajstić information content (AvgIpc) is 3.15. The molecule has 0 saturated carbocycles. The zero-order chi connectivity index (χ0) is 20.1. The molecule has 1 fully saturated rings. The van der Waals surface area contributed by atoms with Gasteiger partial charge in [-0.25, -0.2) is 0 Å². The minimum atomic E-state index is -0.152. The Morgan fingerprint density at radius 2 is 1.89 bits per heavy atom. The molecule has 6 nitrogen and oxygen atoms in total. The molecule has 1 atom stereocenters. The number of rotatable bonds is 6. The predicted octanol–water partition coefficient (Wildman–Crippen LogP) is 3.37. The van der Waals surface area contributed by atoms with Crippen LogP contribution < -0.4 is 14.8 Å². The van der Waals surface area contributed by atoms with Crippen molar-refractivity contribution >= 4 is 17.5 Å². The molecule has 2 aromatic carbocycles. The first-order chi connectivity index (χ1) is 13.5. The van der Waals surface area contributed by atoms with Crippen molar-refractivity contribution < 1.29 is 19.1 Å². The Balaban J connectivity index is 1.64. The average molecular weight is 382 g/mol. The van der Waals surface area contributed by atoms with Crippen LogP contribution in [0.2, 0.25) is 0 Å². The van der Waals surface area contributed by atoms with Gasteiger partial charge >= 0.3 is 0 Å². The van der Waals surface area contributed by atoms with E-state index in [2.05, 4.69) is 5.32 Å². The van der Waals surface area contributed by atoms with E-state index in [1.165, 1.54) is 12.5 Å². The number of likely N-dealkylation sites (tertiary alicyclic amines) is 1. The smallest absolute Gasteiger partial charge is 0.253 e. The molecule has 2 aromatic rings. The van der Waals surface area contributed by atoms with Gasteiger partial charge in [-0.1, -0.05) is 12.1 Å². The fraction of sp³-hybridized carbons (Fsp3) is 0.364. The molecule has 148 valence electrons. The highest BCUT2D eigenvalue weighted by molar-refractivity contribution is 5.97. The molecule has 0 aromatic heterocycles. The van der Waals surface area contributed by atoms with Crippen LogP contribution in [-0.4, -0.2) is 44.0 Å². The fourth-order valence-corrected chi connectivity index (χ4v) is 3.64. The van der Waals surface area contributed by atoms with Crippen molar-refractivity contribution in [1.29, 1.82) is 0 Å². The molecule has 1 heterocycles. The molecule has 2 amide bonds. The van der Waals surface area contributed by atoms with Gasteiger partial charge in [-0.15, -0.1) is 0 Å². The standard InChI is InChI=1S/C22H26N2O4/c1-15(25)23-19-6-4-5-18(13-19)22(26)24-10-9-17(14-24)11-16-7-8-20(27-2)21(12-16)28-3/h4-8,12-13,17H,9-11,14H2,1-3H3,(H,23,25). The summed E-state index contributed by atoms with van der Waals surface area (Å²) >= 11 is 0. The molecule has 1 N–H and O–H groups in total. The molecule has 0 radical (unpaired) electrons. The van der Waals surface area contributed by atoms with Gasteiger partial charge in [0.2, 0.25) is 5.91 Å². The third-order valence-corrected chi connectivity index (χ3v) is 4.98. The molecule has 28 heavy (non-hydrogen) atoms. The van der Waals surface area contributed by atoms with Crippen molar-refractivity contribution in [3.63, 3.8) is 0 Å². The Morgan fingerprint density at radius 3 is 2.61 bits per heavy atom. The van der Waals surface area contributed by atoms with E-state index in [1.807, 2.05) is 23.1 Å². The van der Waals surface area contributed by atoms with Gasteiger partial charge in [-0.05, 0) is 54.7 Å². The SMILES string of the molecule is COc1ccc(CC2CCN(C(=O)c3cccc(NC(C)=O)c3)C2)cc1OC. The van der Waals surface area contributed by atoms with Gasteiger partial charge in [0.05, 0.1) is 14.2 Å². The first kappa shape index (κ1) is 19.7. The summed E-state index contributed by atoms with van der Waals surface area (Å²) in [7, 11) is 3.26. The van der Waals surface area contributed by atoms with Crippen molar-refractivity contribution in [3.8, 4) is 11.5 Å². The van der Waals surface area contributed by atoms with Gasteiger partial charge in [-0.3, -0.25) is 9.59 Å². The van der Waals surface area contributed by atoms with E-state index >= 15 is 0 Å². The zero-order valence-electron chi connectivity index (χ0n) is 16.5. The highest BCUT2D eigenvalue weighted by Crippen LogP contribution is 2.30. The molecule has 0 aliphatic carbocycles. The largest absolute Gasteiger partial charge is 0.493 e. The maximum absolute atomic E-state index is 12.8. The van der Waals surface area contributed by atoms with Gasteiger partial charge in [-0.2, -0.15) is 0 Å². The Hall–Kier alpha value is -3.02. The van der Waals surface area contributed by atoms with Crippen LogP contribution in [0, 0.1) is 5.92 Å². The number of hydrogen-bond donors (Lipinski definition) is 1. The minimum Gasteiger partial charge on any atom is -0.493 e. The van der Waals surface area contributed by atoms with E-state index in [4.69, 9.17) is 9.47 Å². The Labute approximate surface area is 165 Å². The maximum Gasteiger partial charge on any atom is 0.253 e. The van der Waals surface area contributed by atoms with Gasteiger partial charge in [0.25, 0.3) is 5.91 Å². The van der Waals surface area contributed by atoms with Gasteiger partial charge in [0.1, 0.15) is 0 Å². The second-order valence-corrected chi connectivity index (χ2v) is 7.06. The molecule has 1 aliphatic rings. The van der Waals surface area contributed by atoms with E-state index in [-0.39, 0.29) is 11.8 Å². The molecule has 1 unspecified atom stereocenters. The number of nitrogens with zero attached hydrogens (tertiary/aromatic N) is 1. The lowest BCUT2D eigenvalue weighted by Gasteiger charge is -2.17. The fourth-order valence-electron chi connectivity index (χ4n) is 3.64. The maximum atomic E-state index is 12.8. The number of benzene rings is 2. The van der Waals surface area contributed by atoms with Crippen LogP contribution in [0.4, 0.5) is 5.69 Å². The summed E-state index contributed by atoms with van der Waals surface area (Å²) in [6.07, 6.45) is 1.85. The van der Waals surface area contributed by atoms with Crippen molar-refractivity contribution in [2.24, 2.45) is 5.92 Å². The summed E-state index contributed by atoms with van der Waals surface area (Å²) < 4.78 is 10.7. The van der Waals surface area contributed by atoms with Crippen LogP contribution in [0.3, 0.4) is 0 Å². The number of hydrogen-bond acceptors (Lipinski definition) is 4. The summed E-state index contributed by atoms with van der Waals surface area (Å²) in [5.41, 5.74) is 2.40. The Morgan fingerprint density at radius 1 is 1.11 bits per heavy atom. The number of anilines is 1. The van der Waals surface area contributed by atoms with Crippen LogP contribution in [0.15, 0.2) is 42.5 Å². The Kier molecular flexibility index (Phi) is 6.19. The molecular weight excluding hydrogens is 356 g/mol. The molecule has 0 spiro atoms. The molecular formula is C22H26N2O4. The summed E-state index contributed by atoms with van der Waals surface area (Å²) in [5, 5.41) is 2.72. The predicted molar refractivity (Wildman–Crippen MR) is 108 cm³/mol. The Bertz CT molecular complexity index is 865. The number of carbonyl (C=O) groups is 2. The summed E-state index contributed by atoms with van der Waals surface area (Å²) in [6.45, 7) is 2.91. The molecule has 3 rings (SSSR count). The van der Waals surface area contributed by atoms with E-state index in [9.17, 15) is 9.59 Å². The van der Waals surface area contributed by atoms with Crippen LogP contribution in [0.5, 0.6) is 11.5 Å². The lowest BCUT2D eigenvalue weighted by Crippen LogP contribution is -2.29. The van der Waals surface area contributed by atoms with Crippen LogP contribution >= 0.6 is 0 Å². The molecule has 1 saturated heterocycles. The highest BCUT2D eigenvalue weighted by Gasteiger charge is 2.27. The number of carbonyl (C=O) groups excluding carboxylic acids is 2. The van der Waals surface area contributed by atoms with E-state index in [1.54, 1.807) is 38.5 Å². The lowest BCUT2D eigenvalue weighted by atomic mass is 9.98. The normalized spacial score (nSPS) is 16.0. The highest BCUT2D eigenvalue weighted by atomic mass is 16.5. The second-order valence-electron chi connectivity index (χ2n) is 7.06. The van der Waals surface area contributed by atoms with Crippen molar-refractivity contribution in [2.75, 3.05) is 32.6 Å². The minimum absolute atomic E-state index is 0.00186. The third-order valence-electron chi connectivity index (χ3n) is 4.98. The quantitative estimate of drug-likeness (QED) is 0.832. The molecule has 0 bridgehead atoms. The topological polar surface area (TPSA) is 67.9 Å². The monoisotopic (exact) mass is 382 g/mol. The van der Waals surface area contributed by atoms with Crippen molar-refractivity contribution in [3.05, 3.63) is 53.6 Å². The summed E-state index contributed by atoms with van der Waals surface area (Å²) in [6, 6.07) is 13.0. The molecule has 6 heteroatoms. The van der Waals surface area contributed by atoms with E-state index in [0.29, 0.717) is 22.9 Å².